The average molecular weight is 234 g/mol. The molecule has 1 aromatic rings. The summed E-state index contributed by atoms with van der Waals surface area (Å²) in [5.41, 5.74) is 1.76. The van der Waals surface area contributed by atoms with Gasteiger partial charge in [-0.25, -0.2) is 0 Å². The van der Waals surface area contributed by atoms with Gasteiger partial charge in [0.2, 0.25) is 0 Å². The summed E-state index contributed by atoms with van der Waals surface area (Å²) in [4.78, 5) is 10.5. The molecule has 1 rings (SSSR count). The highest BCUT2D eigenvalue weighted by Crippen LogP contribution is 2.23. The van der Waals surface area contributed by atoms with Gasteiger partial charge in [0.05, 0.1) is 4.92 Å². The van der Waals surface area contributed by atoms with Crippen molar-refractivity contribution in [3.63, 3.8) is 0 Å². The Morgan fingerprint density at radius 2 is 2.12 bits per heavy atom. The van der Waals surface area contributed by atoms with Gasteiger partial charge in [0.15, 0.2) is 0 Å². The van der Waals surface area contributed by atoms with Gasteiger partial charge < -0.3 is 5.32 Å². The highest BCUT2D eigenvalue weighted by atomic mass is 16.6. The molecule has 4 nitrogen and oxygen atoms in total. The summed E-state index contributed by atoms with van der Waals surface area (Å²) in [6.07, 6.45) is 1.80. The zero-order valence-corrected chi connectivity index (χ0v) is 10.4. The normalized spacial score (nSPS) is 14.1. The van der Waals surface area contributed by atoms with Crippen LogP contribution >= 0.6 is 0 Å². The second-order valence-corrected chi connectivity index (χ2v) is 4.22. The molecule has 0 amide bonds. The van der Waals surface area contributed by atoms with Crippen molar-refractivity contribution in [3.05, 3.63) is 52.1 Å². The first-order valence-corrected chi connectivity index (χ1v) is 5.59. The second kappa shape index (κ2) is 5.59. The molecule has 0 radical (unpaired) electrons. The van der Waals surface area contributed by atoms with Gasteiger partial charge in [-0.2, -0.15) is 0 Å². The fourth-order valence-electron chi connectivity index (χ4n) is 1.65. The standard InChI is InChI=1S/C13H18N2O2/c1-5-10(3)14-11(4)12-7-6-9(2)13(8-12)15(16)17/h5-8,10-11,14H,1H2,2-4H3. The summed E-state index contributed by atoms with van der Waals surface area (Å²) in [6.45, 7) is 9.41. The maximum atomic E-state index is 10.8. The Bertz CT molecular complexity index is 429. The van der Waals surface area contributed by atoms with Crippen LogP contribution in [-0.4, -0.2) is 11.0 Å². The van der Waals surface area contributed by atoms with E-state index in [4.69, 9.17) is 0 Å². The number of nitrogens with one attached hydrogen (secondary N) is 1. The van der Waals surface area contributed by atoms with Crippen LogP contribution in [0.25, 0.3) is 0 Å². The maximum Gasteiger partial charge on any atom is 0.272 e. The molecule has 0 aromatic heterocycles. The molecule has 0 fully saturated rings. The summed E-state index contributed by atoms with van der Waals surface area (Å²) in [6, 6.07) is 5.55. The highest BCUT2D eigenvalue weighted by molar-refractivity contribution is 5.43. The van der Waals surface area contributed by atoms with Gasteiger partial charge in [-0.1, -0.05) is 18.2 Å². The van der Waals surface area contributed by atoms with E-state index in [1.807, 2.05) is 19.9 Å². The Kier molecular flexibility index (Phi) is 4.40. The van der Waals surface area contributed by atoms with Crippen LogP contribution in [0.3, 0.4) is 0 Å². The largest absolute Gasteiger partial charge is 0.304 e. The molecule has 17 heavy (non-hydrogen) atoms. The van der Waals surface area contributed by atoms with Crippen molar-refractivity contribution in [2.75, 3.05) is 0 Å². The van der Waals surface area contributed by atoms with Crippen molar-refractivity contribution in [2.24, 2.45) is 0 Å². The molecule has 0 aliphatic rings. The number of benzene rings is 1. The third kappa shape index (κ3) is 3.39. The molecular weight excluding hydrogens is 216 g/mol. The van der Waals surface area contributed by atoms with Crippen molar-refractivity contribution >= 4 is 5.69 Å². The molecule has 0 spiro atoms. The van der Waals surface area contributed by atoms with Crippen LogP contribution in [0, 0.1) is 17.0 Å². The number of aryl methyl sites for hydroxylation is 1. The lowest BCUT2D eigenvalue weighted by Gasteiger charge is -2.17. The minimum atomic E-state index is -0.345. The predicted molar refractivity (Wildman–Crippen MR) is 69.0 cm³/mol. The lowest BCUT2D eigenvalue weighted by atomic mass is 10.0. The van der Waals surface area contributed by atoms with Crippen LogP contribution in [0.5, 0.6) is 0 Å². The van der Waals surface area contributed by atoms with E-state index in [0.29, 0.717) is 5.56 Å². The fourth-order valence-corrected chi connectivity index (χ4v) is 1.65. The number of rotatable bonds is 5. The first-order valence-electron chi connectivity index (χ1n) is 5.59. The smallest absolute Gasteiger partial charge is 0.272 e. The summed E-state index contributed by atoms with van der Waals surface area (Å²) in [5.74, 6) is 0. The molecule has 0 aliphatic heterocycles. The van der Waals surface area contributed by atoms with Crippen LogP contribution in [0.15, 0.2) is 30.9 Å². The predicted octanol–water partition coefficient (Wildman–Crippen LogP) is 3.13. The van der Waals surface area contributed by atoms with Crippen LogP contribution in [0.1, 0.15) is 31.0 Å². The molecule has 92 valence electrons. The van der Waals surface area contributed by atoms with E-state index in [9.17, 15) is 10.1 Å². The zero-order valence-electron chi connectivity index (χ0n) is 10.4. The van der Waals surface area contributed by atoms with Crippen molar-refractivity contribution < 1.29 is 4.92 Å². The molecule has 4 heteroatoms. The molecule has 0 heterocycles. The molecule has 2 unspecified atom stereocenters. The third-order valence-corrected chi connectivity index (χ3v) is 2.80. The SMILES string of the molecule is C=CC(C)NC(C)c1ccc(C)c([N+](=O)[O-])c1. The Balaban J connectivity index is 2.95. The van der Waals surface area contributed by atoms with Crippen molar-refractivity contribution in [1.29, 1.82) is 0 Å². The van der Waals surface area contributed by atoms with E-state index in [0.717, 1.165) is 5.56 Å². The van der Waals surface area contributed by atoms with E-state index < -0.39 is 0 Å². The van der Waals surface area contributed by atoms with Crippen LogP contribution in [0.4, 0.5) is 5.69 Å². The first-order chi connectivity index (χ1) is 7.95. The van der Waals surface area contributed by atoms with E-state index in [2.05, 4.69) is 11.9 Å². The van der Waals surface area contributed by atoms with Gasteiger partial charge in [0.1, 0.15) is 0 Å². The number of nitrogens with zero attached hydrogens (tertiary/aromatic N) is 1. The van der Waals surface area contributed by atoms with E-state index in [-0.39, 0.29) is 22.7 Å². The molecule has 1 aromatic carbocycles. The lowest BCUT2D eigenvalue weighted by Crippen LogP contribution is -2.26. The van der Waals surface area contributed by atoms with E-state index in [1.54, 1.807) is 25.1 Å². The van der Waals surface area contributed by atoms with E-state index in [1.165, 1.54) is 0 Å². The van der Waals surface area contributed by atoms with E-state index >= 15 is 0 Å². The molecule has 2 atom stereocenters. The van der Waals surface area contributed by atoms with Gasteiger partial charge in [-0.15, -0.1) is 6.58 Å². The van der Waals surface area contributed by atoms with Crippen molar-refractivity contribution in [1.82, 2.24) is 5.32 Å². The van der Waals surface area contributed by atoms with Gasteiger partial charge in [0, 0.05) is 23.7 Å². The van der Waals surface area contributed by atoms with Gasteiger partial charge in [-0.05, 0) is 26.3 Å². The van der Waals surface area contributed by atoms with Crippen LogP contribution in [0.2, 0.25) is 0 Å². The molecule has 0 aliphatic carbocycles. The van der Waals surface area contributed by atoms with Crippen molar-refractivity contribution in [3.8, 4) is 0 Å². The van der Waals surface area contributed by atoms with Crippen molar-refractivity contribution in [2.45, 2.75) is 32.9 Å². The van der Waals surface area contributed by atoms with Gasteiger partial charge in [0.25, 0.3) is 5.69 Å². The number of nitro groups is 1. The molecule has 0 bridgehead atoms. The zero-order chi connectivity index (χ0) is 13.0. The van der Waals surface area contributed by atoms with Gasteiger partial charge >= 0.3 is 0 Å². The number of hydrogen-bond donors (Lipinski definition) is 1. The summed E-state index contributed by atoms with van der Waals surface area (Å²) < 4.78 is 0. The topological polar surface area (TPSA) is 55.2 Å². The summed E-state index contributed by atoms with van der Waals surface area (Å²) >= 11 is 0. The highest BCUT2D eigenvalue weighted by Gasteiger charge is 2.14. The molecule has 0 saturated heterocycles. The monoisotopic (exact) mass is 234 g/mol. The fraction of sp³-hybridized carbons (Fsp3) is 0.385. The van der Waals surface area contributed by atoms with Crippen LogP contribution < -0.4 is 5.32 Å². The minimum absolute atomic E-state index is 0.0577. The Morgan fingerprint density at radius 1 is 1.47 bits per heavy atom. The third-order valence-electron chi connectivity index (χ3n) is 2.80. The quantitative estimate of drug-likeness (QED) is 0.484. The lowest BCUT2D eigenvalue weighted by molar-refractivity contribution is -0.385. The molecule has 0 saturated carbocycles. The Morgan fingerprint density at radius 3 is 2.65 bits per heavy atom. The number of nitro benzene ring substituents is 1. The maximum absolute atomic E-state index is 10.8. The Hall–Kier alpha value is -1.68. The average Bonchev–Trinajstić information content (AvgIpc) is 2.28. The summed E-state index contributed by atoms with van der Waals surface area (Å²) in [5, 5.41) is 14.1. The van der Waals surface area contributed by atoms with Crippen LogP contribution in [-0.2, 0) is 0 Å². The van der Waals surface area contributed by atoms with Gasteiger partial charge in [-0.3, -0.25) is 10.1 Å². The molecule has 1 N–H and O–H groups in total. The molecular formula is C13H18N2O2. The Labute approximate surface area is 101 Å². The minimum Gasteiger partial charge on any atom is -0.304 e. The first kappa shape index (κ1) is 13.4. The number of hydrogen-bond acceptors (Lipinski definition) is 3. The second-order valence-electron chi connectivity index (χ2n) is 4.22. The summed E-state index contributed by atoms with van der Waals surface area (Å²) in [7, 11) is 0.